The summed E-state index contributed by atoms with van der Waals surface area (Å²) in [6.45, 7) is 4.21. The number of rotatable bonds is 4. The molecular formula is C13H21BrClN3. The van der Waals surface area contributed by atoms with E-state index < -0.39 is 0 Å². The minimum absolute atomic E-state index is 0. The predicted molar refractivity (Wildman–Crippen MR) is 80.9 cm³/mol. The van der Waals surface area contributed by atoms with Crippen LogP contribution in [0.25, 0.3) is 0 Å². The zero-order chi connectivity index (χ0) is 12.1. The van der Waals surface area contributed by atoms with Crippen LogP contribution in [-0.2, 0) is 6.54 Å². The highest BCUT2D eigenvalue weighted by Crippen LogP contribution is 2.21. The van der Waals surface area contributed by atoms with Crippen LogP contribution in [0.15, 0.2) is 22.9 Å². The molecule has 0 aromatic carbocycles. The minimum Gasteiger partial charge on any atom is -0.330 e. The zero-order valence-electron chi connectivity index (χ0n) is 10.5. The quantitative estimate of drug-likeness (QED) is 0.920. The van der Waals surface area contributed by atoms with Crippen LogP contribution in [0.3, 0.4) is 0 Å². The van der Waals surface area contributed by atoms with Gasteiger partial charge in [0.05, 0.1) is 0 Å². The van der Waals surface area contributed by atoms with Gasteiger partial charge in [-0.15, -0.1) is 12.4 Å². The summed E-state index contributed by atoms with van der Waals surface area (Å²) in [7, 11) is 0. The lowest BCUT2D eigenvalue weighted by Gasteiger charge is -2.32. The van der Waals surface area contributed by atoms with Crippen LogP contribution in [0.2, 0.25) is 0 Å². The molecule has 1 aromatic rings. The summed E-state index contributed by atoms with van der Waals surface area (Å²) in [5, 5.41) is 0. The van der Waals surface area contributed by atoms with Crippen molar-refractivity contribution in [2.75, 3.05) is 19.6 Å². The maximum atomic E-state index is 5.64. The molecule has 102 valence electrons. The van der Waals surface area contributed by atoms with Crippen molar-refractivity contribution >= 4 is 28.3 Å². The average molecular weight is 335 g/mol. The molecule has 1 unspecified atom stereocenters. The molecule has 0 saturated carbocycles. The summed E-state index contributed by atoms with van der Waals surface area (Å²) in [5.41, 5.74) is 6.93. The van der Waals surface area contributed by atoms with Gasteiger partial charge in [-0.3, -0.25) is 9.88 Å². The molecule has 18 heavy (non-hydrogen) atoms. The second-order valence-electron chi connectivity index (χ2n) is 4.83. The van der Waals surface area contributed by atoms with E-state index in [4.69, 9.17) is 5.73 Å². The number of likely N-dealkylation sites (tertiary alicyclic amines) is 1. The Morgan fingerprint density at radius 1 is 1.44 bits per heavy atom. The molecule has 5 heteroatoms. The first-order valence-electron chi connectivity index (χ1n) is 6.30. The molecule has 2 heterocycles. The van der Waals surface area contributed by atoms with E-state index in [-0.39, 0.29) is 12.4 Å². The molecule has 2 N–H and O–H groups in total. The third kappa shape index (κ3) is 4.84. The maximum Gasteiger partial charge on any atom is 0.0410 e. The van der Waals surface area contributed by atoms with Crippen molar-refractivity contribution < 1.29 is 0 Å². The highest BCUT2D eigenvalue weighted by molar-refractivity contribution is 9.10. The van der Waals surface area contributed by atoms with Crippen molar-refractivity contribution in [2.24, 2.45) is 11.7 Å². The fourth-order valence-corrected chi connectivity index (χ4v) is 2.98. The van der Waals surface area contributed by atoms with E-state index in [1.54, 1.807) is 0 Å². The van der Waals surface area contributed by atoms with Crippen LogP contribution in [0.1, 0.15) is 24.8 Å². The van der Waals surface area contributed by atoms with E-state index in [0.717, 1.165) is 29.9 Å². The molecule has 2 rings (SSSR count). The van der Waals surface area contributed by atoms with Crippen molar-refractivity contribution in [1.29, 1.82) is 0 Å². The van der Waals surface area contributed by atoms with Crippen LogP contribution in [0.4, 0.5) is 0 Å². The van der Waals surface area contributed by atoms with Crippen LogP contribution < -0.4 is 5.73 Å². The number of hydrogen-bond acceptors (Lipinski definition) is 3. The molecule has 0 bridgehead atoms. The fraction of sp³-hybridized carbons (Fsp3) is 0.615. The van der Waals surface area contributed by atoms with Crippen LogP contribution in [0, 0.1) is 5.92 Å². The average Bonchev–Trinajstić information content (AvgIpc) is 2.30. The molecule has 1 saturated heterocycles. The highest BCUT2D eigenvalue weighted by Gasteiger charge is 2.19. The summed E-state index contributed by atoms with van der Waals surface area (Å²) in [5.74, 6) is 0.786. The number of halogens is 2. The molecular weight excluding hydrogens is 314 g/mol. The normalized spacial score (nSPS) is 20.4. The van der Waals surface area contributed by atoms with Crippen LogP contribution >= 0.6 is 28.3 Å². The Labute approximate surface area is 124 Å². The van der Waals surface area contributed by atoms with Crippen molar-refractivity contribution in [3.63, 3.8) is 0 Å². The minimum atomic E-state index is 0. The summed E-state index contributed by atoms with van der Waals surface area (Å²) in [6.07, 6.45) is 7.58. The third-order valence-corrected chi connectivity index (χ3v) is 3.78. The van der Waals surface area contributed by atoms with E-state index in [9.17, 15) is 0 Å². The first-order valence-corrected chi connectivity index (χ1v) is 7.09. The Bertz CT molecular complexity index is 360. The monoisotopic (exact) mass is 333 g/mol. The number of pyridine rings is 1. The van der Waals surface area contributed by atoms with Gasteiger partial charge in [-0.25, -0.2) is 0 Å². The van der Waals surface area contributed by atoms with Crippen LogP contribution in [0.5, 0.6) is 0 Å². The van der Waals surface area contributed by atoms with E-state index >= 15 is 0 Å². The molecule has 0 amide bonds. The molecule has 0 radical (unpaired) electrons. The highest BCUT2D eigenvalue weighted by atomic mass is 79.9. The van der Waals surface area contributed by atoms with Gasteiger partial charge in [0.2, 0.25) is 0 Å². The summed E-state index contributed by atoms with van der Waals surface area (Å²) in [6, 6.07) is 2.15. The summed E-state index contributed by atoms with van der Waals surface area (Å²) in [4.78, 5) is 6.73. The Morgan fingerprint density at radius 3 is 3.00 bits per heavy atom. The molecule has 1 fully saturated rings. The lowest BCUT2D eigenvalue weighted by atomic mass is 9.94. The smallest absolute Gasteiger partial charge is 0.0410 e. The Hall–Kier alpha value is -0.160. The number of piperidine rings is 1. The van der Waals surface area contributed by atoms with Gasteiger partial charge >= 0.3 is 0 Å². The molecule has 1 aliphatic heterocycles. The van der Waals surface area contributed by atoms with Gasteiger partial charge in [0.1, 0.15) is 0 Å². The second kappa shape index (κ2) is 8.10. The van der Waals surface area contributed by atoms with E-state index in [1.807, 2.05) is 12.4 Å². The predicted octanol–water partition coefficient (Wildman–Crippen LogP) is 2.83. The van der Waals surface area contributed by atoms with Crippen LogP contribution in [-0.4, -0.2) is 29.5 Å². The van der Waals surface area contributed by atoms with Gasteiger partial charge in [0.15, 0.2) is 0 Å². The van der Waals surface area contributed by atoms with Crippen molar-refractivity contribution in [3.8, 4) is 0 Å². The Morgan fingerprint density at radius 2 is 2.28 bits per heavy atom. The summed E-state index contributed by atoms with van der Waals surface area (Å²) < 4.78 is 1.06. The fourth-order valence-electron chi connectivity index (χ4n) is 2.57. The number of hydrogen-bond donors (Lipinski definition) is 1. The SMILES string of the molecule is Cl.NCCC1CCCN(Cc2cncc(Br)c2)C1. The molecule has 1 aliphatic rings. The maximum absolute atomic E-state index is 5.64. The first kappa shape index (κ1) is 15.9. The molecule has 1 atom stereocenters. The molecule has 0 spiro atoms. The number of aromatic nitrogens is 1. The van der Waals surface area contributed by atoms with E-state index in [0.29, 0.717) is 0 Å². The molecule has 0 aliphatic carbocycles. The molecule has 1 aromatic heterocycles. The van der Waals surface area contributed by atoms with Gasteiger partial charge in [-0.2, -0.15) is 0 Å². The number of nitrogens with two attached hydrogens (primary N) is 1. The van der Waals surface area contributed by atoms with Crippen molar-refractivity contribution in [1.82, 2.24) is 9.88 Å². The van der Waals surface area contributed by atoms with Gasteiger partial charge in [-0.1, -0.05) is 0 Å². The van der Waals surface area contributed by atoms with Crippen molar-refractivity contribution in [2.45, 2.75) is 25.8 Å². The second-order valence-corrected chi connectivity index (χ2v) is 5.75. The summed E-state index contributed by atoms with van der Waals surface area (Å²) >= 11 is 3.47. The lowest BCUT2D eigenvalue weighted by Crippen LogP contribution is -2.35. The van der Waals surface area contributed by atoms with Gasteiger partial charge in [0, 0.05) is 30.0 Å². The zero-order valence-corrected chi connectivity index (χ0v) is 12.9. The Balaban J connectivity index is 0.00000162. The first-order chi connectivity index (χ1) is 8.28. The van der Waals surface area contributed by atoms with E-state index in [2.05, 4.69) is 31.9 Å². The third-order valence-electron chi connectivity index (χ3n) is 3.35. The van der Waals surface area contributed by atoms with Gasteiger partial charge in [0.25, 0.3) is 0 Å². The molecule has 3 nitrogen and oxygen atoms in total. The number of nitrogens with zero attached hydrogens (tertiary/aromatic N) is 2. The van der Waals surface area contributed by atoms with E-state index in [1.165, 1.54) is 31.5 Å². The Kier molecular flexibility index (Phi) is 7.15. The lowest BCUT2D eigenvalue weighted by molar-refractivity contribution is 0.163. The van der Waals surface area contributed by atoms with Gasteiger partial charge in [-0.05, 0) is 65.8 Å². The van der Waals surface area contributed by atoms with Crippen molar-refractivity contribution in [3.05, 3.63) is 28.5 Å². The topological polar surface area (TPSA) is 42.1 Å². The van der Waals surface area contributed by atoms with Gasteiger partial charge < -0.3 is 5.73 Å². The standard InChI is InChI=1S/C13H20BrN3.ClH/c14-13-6-12(7-16-8-13)10-17-5-1-2-11(9-17)3-4-15;/h6-8,11H,1-5,9-10,15H2;1H. The largest absolute Gasteiger partial charge is 0.330 e.